The summed E-state index contributed by atoms with van der Waals surface area (Å²) in [5.41, 5.74) is 3.27. The summed E-state index contributed by atoms with van der Waals surface area (Å²) >= 11 is 0. The molecular formula is C21H24N4O. The summed E-state index contributed by atoms with van der Waals surface area (Å²) < 4.78 is 5.19. The van der Waals surface area contributed by atoms with Crippen molar-refractivity contribution in [1.29, 1.82) is 0 Å². The third-order valence-corrected chi connectivity index (χ3v) is 4.05. The molecule has 3 rings (SSSR count). The van der Waals surface area contributed by atoms with E-state index in [0.29, 0.717) is 11.7 Å². The van der Waals surface area contributed by atoms with Gasteiger partial charge in [0.2, 0.25) is 0 Å². The van der Waals surface area contributed by atoms with Crippen molar-refractivity contribution in [2.75, 3.05) is 17.7 Å². The van der Waals surface area contributed by atoms with Gasteiger partial charge < -0.3 is 15.4 Å². The van der Waals surface area contributed by atoms with Crippen molar-refractivity contribution in [2.24, 2.45) is 0 Å². The largest absolute Gasteiger partial charge is 0.497 e. The van der Waals surface area contributed by atoms with Crippen LogP contribution >= 0.6 is 0 Å². The van der Waals surface area contributed by atoms with Gasteiger partial charge in [0, 0.05) is 17.4 Å². The van der Waals surface area contributed by atoms with E-state index in [1.54, 1.807) is 7.11 Å². The second-order valence-corrected chi connectivity index (χ2v) is 6.41. The lowest BCUT2D eigenvalue weighted by Crippen LogP contribution is -2.03. The number of anilines is 4. The molecule has 0 radical (unpaired) electrons. The predicted octanol–water partition coefficient (Wildman–Crippen LogP) is 5.40. The molecule has 0 saturated carbocycles. The van der Waals surface area contributed by atoms with Crippen molar-refractivity contribution < 1.29 is 4.74 Å². The fraction of sp³-hybridized carbons (Fsp3) is 0.238. The van der Waals surface area contributed by atoms with E-state index >= 15 is 0 Å². The van der Waals surface area contributed by atoms with Gasteiger partial charge in [-0.2, -0.15) is 0 Å². The molecule has 0 fully saturated rings. The normalized spacial score (nSPS) is 10.7. The molecule has 26 heavy (non-hydrogen) atoms. The third kappa shape index (κ3) is 4.30. The molecule has 1 aromatic heterocycles. The Kier molecular flexibility index (Phi) is 5.37. The van der Waals surface area contributed by atoms with Gasteiger partial charge >= 0.3 is 0 Å². The highest BCUT2D eigenvalue weighted by molar-refractivity contribution is 5.65. The summed E-state index contributed by atoms with van der Waals surface area (Å²) in [6, 6.07) is 17.9. The van der Waals surface area contributed by atoms with Gasteiger partial charge in [-0.3, -0.25) is 0 Å². The van der Waals surface area contributed by atoms with E-state index in [-0.39, 0.29) is 0 Å². The van der Waals surface area contributed by atoms with Crippen LogP contribution in [0.3, 0.4) is 0 Å². The van der Waals surface area contributed by atoms with Gasteiger partial charge in [0.25, 0.3) is 0 Å². The maximum Gasteiger partial charge on any atom is 0.136 e. The number of hydrogen-bond acceptors (Lipinski definition) is 5. The Morgan fingerprint density at radius 3 is 2.19 bits per heavy atom. The van der Waals surface area contributed by atoms with E-state index in [9.17, 15) is 0 Å². The molecular weight excluding hydrogens is 324 g/mol. The fourth-order valence-electron chi connectivity index (χ4n) is 2.77. The summed E-state index contributed by atoms with van der Waals surface area (Å²) in [6.45, 7) is 6.25. The van der Waals surface area contributed by atoms with Gasteiger partial charge in [-0.1, -0.05) is 32.0 Å². The zero-order valence-corrected chi connectivity index (χ0v) is 15.6. The minimum Gasteiger partial charge on any atom is -0.497 e. The summed E-state index contributed by atoms with van der Waals surface area (Å²) in [5.74, 6) is 3.46. The minimum absolute atomic E-state index is 0.429. The molecule has 0 aliphatic rings. The summed E-state index contributed by atoms with van der Waals surface area (Å²) in [5, 5.41) is 6.74. The van der Waals surface area contributed by atoms with E-state index in [2.05, 4.69) is 52.6 Å². The smallest absolute Gasteiger partial charge is 0.136 e. The lowest BCUT2D eigenvalue weighted by molar-refractivity contribution is 0.415. The van der Waals surface area contributed by atoms with Crippen LogP contribution in [0.25, 0.3) is 0 Å². The summed E-state index contributed by atoms with van der Waals surface area (Å²) in [6.07, 6.45) is 0. The molecule has 0 atom stereocenters. The van der Waals surface area contributed by atoms with Crippen LogP contribution in [0, 0.1) is 6.92 Å². The first-order valence-electron chi connectivity index (χ1n) is 8.68. The van der Waals surface area contributed by atoms with Crippen LogP contribution in [0.5, 0.6) is 5.75 Å². The average Bonchev–Trinajstić information content (AvgIpc) is 2.62. The molecule has 0 spiro atoms. The molecule has 0 saturated heterocycles. The van der Waals surface area contributed by atoms with Crippen molar-refractivity contribution in [3.63, 3.8) is 0 Å². The number of nitrogens with zero attached hydrogens (tertiary/aromatic N) is 2. The number of benzene rings is 2. The SMILES string of the molecule is COc1ccc(Nc2cc(Nc3ccccc3C(C)C)nc(C)n2)cc1. The number of nitrogens with one attached hydrogen (secondary N) is 2. The molecule has 2 N–H and O–H groups in total. The van der Waals surface area contributed by atoms with E-state index in [1.807, 2.05) is 43.3 Å². The molecule has 1 heterocycles. The minimum atomic E-state index is 0.429. The Labute approximate surface area is 154 Å². The standard InChI is InChI=1S/C21H24N4O/c1-14(2)18-7-5-6-8-19(18)25-21-13-20(22-15(3)23-21)24-16-9-11-17(26-4)12-10-16/h5-14H,1-4H3,(H2,22,23,24,25). The first-order valence-corrected chi connectivity index (χ1v) is 8.68. The average molecular weight is 348 g/mol. The van der Waals surface area contributed by atoms with Crippen molar-refractivity contribution in [3.8, 4) is 5.75 Å². The van der Waals surface area contributed by atoms with Gasteiger partial charge in [-0.15, -0.1) is 0 Å². The van der Waals surface area contributed by atoms with Gasteiger partial charge in [-0.25, -0.2) is 9.97 Å². The molecule has 134 valence electrons. The molecule has 2 aromatic carbocycles. The number of para-hydroxylation sites is 1. The van der Waals surface area contributed by atoms with Crippen molar-refractivity contribution in [2.45, 2.75) is 26.7 Å². The predicted molar refractivity (Wildman–Crippen MR) is 107 cm³/mol. The van der Waals surface area contributed by atoms with Gasteiger partial charge in [0.05, 0.1) is 7.11 Å². The van der Waals surface area contributed by atoms with Crippen molar-refractivity contribution in [1.82, 2.24) is 9.97 Å². The lowest BCUT2D eigenvalue weighted by Gasteiger charge is -2.15. The third-order valence-electron chi connectivity index (χ3n) is 4.05. The molecule has 0 bridgehead atoms. The number of aryl methyl sites for hydroxylation is 1. The maximum atomic E-state index is 5.19. The molecule has 5 heteroatoms. The molecule has 0 amide bonds. The first-order chi connectivity index (χ1) is 12.5. The van der Waals surface area contributed by atoms with Crippen LogP contribution in [-0.4, -0.2) is 17.1 Å². The van der Waals surface area contributed by atoms with E-state index < -0.39 is 0 Å². The zero-order valence-electron chi connectivity index (χ0n) is 15.6. The van der Waals surface area contributed by atoms with Crippen LogP contribution in [0.1, 0.15) is 31.2 Å². The molecule has 5 nitrogen and oxygen atoms in total. The number of rotatable bonds is 6. The number of hydrogen-bond donors (Lipinski definition) is 2. The maximum absolute atomic E-state index is 5.19. The Morgan fingerprint density at radius 2 is 1.54 bits per heavy atom. The van der Waals surface area contributed by atoms with Crippen LogP contribution < -0.4 is 15.4 Å². The zero-order chi connectivity index (χ0) is 18.5. The topological polar surface area (TPSA) is 59.1 Å². The second kappa shape index (κ2) is 7.87. The Hall–Kier alpha value is -3.08. The molecule has 0 aliphatic heterocycles. The number of ether oxygens (including phenoxy) is 1. The monoisotopic (exact) mass is 348 g/mol. The van der Waals surface area contributed by atoms with Crippen molar-refractivity contribution >= 4 is 23.0 Å². The summed E-state index contributed by atoms with van der Waals surface area (Å²) in [4.78, 5) is 8.99. The van der Waals surface area contributed by atoms with Crippen molar-refractivity contribution in [3.05, 3.63) is 66.0 Å². The van der Waals surface area contributed by atoms with Crippen LogP contribution in [0.4, 0.5) is 23.0 Å². The number of methoxy groups -OCH3 is 1. The highest BCUT2D eigenvalue weighted by Gasteiger charge is 2.08. The fourth-order valence-corrected chi connectivity index (χ4v) is 2.77. The highest BCUT2D eigenvalue weighted by Crippen LogP contribution is 2.27. The highest BCUT2D eigenvalue weighted by atomic mass is 16.5. The second-order valence-electron chi connectivity index (χ2n) is 6.41. The quantitative estimate of drug-likeness (QED) is 0.624. The Balaban J connectivity index is 1.83. The van der Waals surface area contributed by atoms with E-state index in [1.165, 1.54) is 5.56 Å². The van der Waals surface area contributed by atoms with Crippen LogP contribution in [0.15, 0.2) is 54.6 Å². The van der Waals surface area contributed by atoms with Crippen LogP contribution in [0.2, 0.25) is 0 Å². The van der Waals surface area contributed by atoms with Gasteiger partial charge in [0.1, 0.15) is 23.2 Å². The van der Waals surface area contributed by atoms with E-state index in [4.69, 9.17) is 4.74 Å². The lowest BCUT2D eigenvalue weighted by atomic mass is 10.0. The van der Waals surface area contributed by atoms with E-state index in [0.717, 1.165) is 28.8 Å². The summed E-state index contributed by atoms with van der Waals surface area (Å²) in [7, 11) is 1.66. The molecule has 3 aromatic rings. The molecule has 0 aliphatic carbocycles. The Morgan fingerprint density at radius 1 is 0.885 bits per heavy atom. The van der Waals surface area contributed by atoms with Gasteiger partial charge in [-0.05, 0) is 48.7 Å². The Bertz CT molecular complexity index is 875. The van der Waals surface area contributed by atoms with Crippen LogP contribution in [-0.2, 0) is 0 Å². The number of aromatic nitrogens is 2. The molecule has 0 unspecified atom stereocenters. The van der Waals surface area contributed by atoms with Gasteiger partial charge in [0.15, 0.2) is 0 Å². The first kappa shape index (κ1) is 17.7.